The van der Waals surface area contributed by atoms with Gasteiger partial charge in [0, 0.05) is 68.5 Å². The highest BCUT2D eigenvalue weighted by Crippen LogP contribution is 2.26. The molecule has 0 spiro atoms. The monoisotopic (exact) mass is 734 g/mol. The van der Waals surface area contributed by atoms with Gasteiger partial charge in [0.25, 0.3) is 17.5 Å². The van der Waals surface area contributed by atoms with Crippen molar-refractivity contribution >= 4 is 57.2 Å². The van der Waals surface area contributed by atoms with Gasteiger partial charge in [-0.1, -0.05) is 42.2 Å². The average molecular weight is 735 g/mol. The van der Waals surface area contributed by atoms with Gasteiger partial charge in [0.2, 0.25) is 0 Å². The van der Waals surface area contributed by atoms with Crippen molar-refractivity contribution in [3.63, 3.8) is 0 Å². The number of nitro benzene ring substituents is 1. The number of benzene rings is 2. The number of non-ortho nitro benzene ring substituents is 1. The van der Waals surface area contributed by atoms with Crippen molar-refractivity contribution in [2.24, 2.45) is 0 Å². The van der Waals surface area contributed by atoms with Crippen molar-refractivity contribution in [3.8, 4) is 0 Å². The first-order valence-electron chi connectivity index (χ1n) is 14.6. The van der Waals surface area contributed by atoms with Gasteiger partial charge in [-0.05, 0) is 54.2 Å². The third-order valence-electron chi connectivity index (χ3n) is 7.59. The number of carbonyl (C=O) groups is 2. The van der Waals surface area contributed by atoms with E-state index in [1.807, 2.05) is 51.1 Å². The maximum atomic E-state index is 12.7. The molecule has 2 amide bonds. The predicted molar refractivity (Wildman–Crippen MR) is 186 cm³/mol. The number of nitrogens with zero attached hydrogens (tertiary/aromatic N) is 5. The lowest BCUT2D eigenvalue weighted by Gasteiger charge is -2.35. The Hall–Kier alpha value is -3.69. The van der Waals surface area contributed by atoms with E-state index < -0.39 is 4.92 Å². The van der Waals surface area contributed by atoms with Gasteiger partial charge < -0.3 is 34.8 Å². The van der Waals surface area contributed by atoms with Crippen LogP contribution in [0.2, 0.25) is 0 Å². The van der Waals surface area contributed by atoms with Gasteiger partial charge in [-0.15, -0.1) is 0 Å². The molecule has 2 aromatic rings. The molecule has 0 unspecified atom stereocenters. The minimum Gasteiger partial charge on any atom is -0.399 e. The lowest BCUT2D eigenvalue weighted by atomic mass is 10.1. The fourth-order valence-electron chi connectivity index (χ4n) is 5.35. The van der Waals surface area contributed by atoms with Gasteiger partial charge in [0.1, 0.15) is 0 Å². The van der Waals surface area contributed by atoms with E-state index in [2.05, 4.69) is 27.5 Å². The smallest absolute Gasteiger partial charge is 0.274 e. The zero-order chi connectivity index (χ0) is 31.5. The topological polar surface area (TPSA) is 135 Å². The molecular weight excluding hydrogens is 691 g/mol. The Bertz CT molecular complexity index is 1340. The Morgan fingerprint density at radius 2 is 1.07 bits per heavy atom. The summed E-state index contributed by atoms with van der Waals surface area (Å²) in [5.41, 5.74) is 9.53. The molecule has 0 aromatic heterocycles. The van der Waals surface area contributed by atoms with Crippen LogP contribution in [0, 0.1) is 10.1 Å². The molecule has 0 aliphatic carbocycles. The molecule has 0 saturated carbocycles. The van der Waals surface area contributed by atoms with Crippen molar-refractivity contribution < 1.29 is 24.0 Å². The quantitative estimate of drug-likeness (QED) is 0.156. The van der Waals surface area contributed by atoms with E-state index >= 15 is 0 Å². The summed E-state index contributed by atoms with van der Waals surface area (Å²) in [6.45, 7) is 6.93. The first-order valence-corrected chi connectivity index (χ1v) is 16.8. The normalized spacial score (nSPS) is 18.4. The number of ether oxygens (including phenoxy) is 2. The largest absolute Gasteiger partial charge is 0.399 e. The average Bonchev–Trinajstić information content (AvgIpc) is 3.07. The summed E-state index contributed by atoms with van der Waals surface area (Å²) in [7, 11) is 0. The van der Waals surface area contributed by atoms with E-state index in [1.54, 1.807) is 17.0 Å². The third-order valence-corrected chi connectivity index (χ3v) is 7.59. The molecule has 6 rings (SSSR count). The Balaban J connectivity index is 0.000000229. The summed E-state index contributed by atoms with van der Waals surface area (Å²) in [5.74, 6) is 0.0184. The number of morpholine rings is 2. The van der Waals surface area contributed by atoms with E-state index in [9.17, 15) is 19.7 Å². The fourth-order valence-corrected chi connectivity index (χ4v) is 5.35. The van der Waals surface area contributed by atoms with Crippen LogP contribution in [0.5, 0.6) is 0 Å². The summed E-state index contributed by atoms with van der Waals surface area (Å²) < 4.78 is 10.7. The lowest BCUT2D eigenvalue weighted by molar-refractivity contribution is -0.384. The number of hydrogen-bond acceptors (Lipinski definition) is 9. The molecule has 2 aromatic carbocycles. The van der Waals surface area contributed by atoms with Gasteiger partial charge >= 0.3 is 0 Å². The van der Waals surface area contributed by atoms with Crippen molar-refractivity contribution in [1.82, 2.24) is 9.80 Å². The Morgan fingerprint density at radius 1 is 0.689 bits per heavy atom. The number of hydrogen-bond donors (Lipinski definition) is 1. The van der Waals surface area contributed by atoms with Crippen molar-refractivity contribution in [2.45, 2.75) is 20.3 Å². The maximum Gasteiger partial charge on any atom is 0.274 e. The minimum atomic E-state index is -0.444. The van der Waals surface area contributed by atoms with Gasteiger partial charge in [-0.3, -0.25) is 19.7 Å². The van der Waals surface area contributed by atoms with Crippen LogP contribution >= 0.6 is 22.6 Å². The highest BCUT2D eigenvalue weighted by Gasteiger charge is 2.29. The summed E-state index contributed by atoms with van der Waals surface area (Å²) in [6, 6.07) is 13.6. The number of nitrogens with two attached hydrogens (primary N) is 1. The van der Waals surface area contributed by atoms with E-state index in [-0.39, 0.29) is 24.9 Å². The second-order valence-electron chi connectivity index (χ2n) is 10.2. The first-order chi connectivity index (χ1) is 21.4. The number of anilines is 3. The summed E-state index contributed by atoms with van der Waals surface area (Å²) >= 11 is 2.15. The van der Waals surface area contributed by atoms with Gasteiger partial charge in [0.05, 0.1) is 42.7 Å². The molecule has 45 heavy (non-hydrogen) atoms. The van der Waals surface area contributed by atoms with E-state index in [4.69, 9.17) is 15.2 Å². The number of rotatable bonds is 5. The summed E-state index contributed by atoms with van der Waals surface area (Å²) in [5, 5.41) is 10.7. The number of amides is 2. The highest BCUT2D eigenvalue weighted by molar-refractivity contribution is 14.1. The second kappa shape index (κ2) is 17.7. The van der Waals surface area contributed by atoms with Crippen molar-refractivity contribution in [3.05, 3.63) is 82.2 Å². The van der Waals surface area contributed by atoms with E-state index in [0.717, 1.165) is 43.9 Å². The SMILES string of the molecule is C.CI.Nc1ccc(N2CCC=C(N3CCOCC3)C2=O)cc1.O=C1C(N2CCOCC2)=CCCN1c1ccc([N+](=O)[O-])cc1. The molecule has 13 heteroatoms. The van der Waals surface area contributed by atoms with Crippen LogP contribution < -0.4 is 15.5 Å². The predicted octanol–water partition coefficient (Wildman–Crippen LogP) is 4.46. The number of nitrogen functional groups attached to an aromatic ring is 1. The third kappa shape index (κ3) is 9.17. The molecule has 2 fully saturated rings. The Morgan fingerprint density at radius 3 is 1.44 bits per heavy atom. The standard InChI is InChI=1S/C15H17N3O4.C15H19N3O2.CH3I.CH4/c19-15-14(16-8-10-22-11-9-16)2-1-7-17(15)12-3-5-13(6-4-12)18(20)21;16-12-3-5-13(6-4-12)18-7-1-2-14(15(18)19)17-8-10-20-11-9-17;1-2;/h2-6H,1,7-11H2;2-6H,1,7-11,16H2;1H3;1H4. The Kier molecular flexibility index (Phi) is 14.1. The molecule has 2 saturated heterocycles. The fraction of sp³-hybridized carbons (Fsp3) is 0.438. The number of carbonyl (C=O) groups excluding carboxylic acids is 2. The molecule has 0 radical (unpaired) electrons. The van der Waals surface area contributed by atoms with Crippen molar-refractivity contribution in [1.29, 1.82) is 0 Å². The van der Waals surface area contributed by atoms with Gasteiger partial charge in [0.15, 0.2) is 0 Å². The molecule has 4 heterocycles. The molecule has 2 N–H and O–H groups in total. The zero-order valence-corrected chi connectivity index (χ0v) is 27.1. The molecular formula is C32H43IN6O6. The molecule has 0 atom stereocenters. The number of alkyl halides is 1. The Labute approximate surface area is 278 Å². The van der Waals surface area contributed by atoms with E-state index in [0.29, 0.717) is 63.1 Å². The summed E-state index contributed by atoms with van der Waals surface area (Å²) in [4.78, 5) is 45.2. The van der Waals surface area contributed by atoms with Crippen molar-refractivity contribution in [2.75, 3.05) is 86.2 Å². The van der Waals surface area contributed by atoms with Crippen LogP contribution in [0.3, 0.4) is 0 Å². The molecule has 12 nitrogen and oxygen atoms in total. The first kappa shape index (κ1) is 35.8. The maximum absolute atomic E-state index is 12.7. The zero-order valence-electron chi connectivity index (χ0n) is 24.9. The lowest BCUT2D eigenvalue weighted by Crippen LogP contribution is -2.45. The second-order valence-corrected chi connectivity index (χ2v) is 10.2. The summed E-state index contributed by atoms with van der Waals surface area (Å²) in [6.07, 6.45) is 5.66. The van der Waals surface area contributed by atoms with Crippen LogP contribution in [-0.4, -0.2) is 97.2 Å². The molecule has 0 bridgehead atoms. The van der Waals surface area contributed by atoms with Crippen LogP contribution in [0.4, 0.5) is 22.7 Å². The number of nitro groups is 1. The molecule has 4 aliphatic rings. The molecule has 244 valence electrons. The minimum absolute atomic E-state index is 0. The van der Waals surface area contributed by atoms with Crippen LogP contribution in [0.25, 0.3) is 0 Å². The number of halogens is 1. The molecule has 4 aliphatic heterocycles. The van der Waals surface area contributed by atoms with E-state index in [1.165, 1.54) is 12.1 Å². The van der Waals surface area contributed by atoms with Gasteiger partial charge in [-0.2, -0.15) is 0 Å². The highest BCUT2D eigenvalue weighted by atomic mass is 127. The van der Waals surface area contributed by atoms with Gasteiger partial charge in [-0.25, -0.2) is 0 Å². The van der Waals surface area contributed by atoms with Crippen LogP contribution in [0.1, 0.15) is 20.3 Å². The van der Waals surface area contributed by atoms with Crippen LogP contribution in [-0.2, 0) is 19.1 Å². The van der Waals surface area contributed by atoms with Crippen LogP contribution in [0.15, 0.2) is 72.1 Å².